The Hall–Kier alpha value is -2.09. The minimum absolute atomic E-state index is 0.201. The van der Waals surface area contributed by atoms with Crippen LogP contribution in [0.2, 0.25) is 10.0 Å². The molecule has 0 aliphatic carbocycles. The van der Waals surface area contributed by atoms with Gasteiger partial charge in [-0.2, -0.15) is 0 Å². The zero-order valence-corrected chi connectivity index (χ0v) is 16.3. The van der Waals surface area contributed by atoms with Crippen molar-refractivity contribution in [1.29, 1.82) is 0 Å². The van der Waals surface area contributed by atoms with Crippen LogP contribution in [-0.4, -0.2) is 30.9 Å². The van der Waals surface area contributed by atoms with Gasteiger partial charge in [-0.1, -0.05) is 35.0 Å². The Morgan fingerprint density at radius 2 is 1.92 bits per heavy atom. The average molecular weight is 408 g/mol. The number of hydrogen-bond acceptors (Lipinski definition) is 5. The standard InChI is InChI=1S/C17H15Cl2N5OS/c1-10(16(25)21-14-9-12(18)3-4-13(14)19)26-17-23-22-15(24(17)2)11-5-7-20-8-6-11/h3-10H,1-2H3,(H,21,25)/t10-/m0/s1. The molecule has 0 aliphatic heterocycles. The maximum absolute atomic E-state index is 12.5. The van der Waals surface area contributed by atoms with Gasteiger partial charge in [0.05, 0.1) is 16.0 Å². The quantitative estimate of drug-likeness (QED) is 0.638. The minimum Gasteiger partial charge on any atom is -0.324 e. The van der Waals surface area contributed by atoms with Gasteiger partial charge in [-0.05, 0) is 37.3 Å². The van der Waals surface area contributed by atoms with E-state index >= 15 is 0 Å². The molecule has 1 aromatic carbocycles. The highest BCUT2D eigenvalue weighted by Gasteiger charge is 2.20. The number of hydrogen-bond donors (Lipinski definition) is 1. The molecule has 1 amide bonds. The van der Waals surface area contributed by atoms with Crippen molar-refractivity contribution < 1.29 is 4.79 Å². The number of aromatic nitrogens is 4. The van der Waals surface area contributed by atoms with Crippen molar-refractivity contribution in [3.63, 3.8) is 0 Å². The summed E-state index contributed by atoms with van der Waals surface area (Å²) in [5.41, 5.74) is 1.39. The average Bonchev–Trinajstić information content (AvgIpc) is 2.99. The molecule has 6 nitrogen and oxygen atoms in total. The summed E-state index contributed by atoms with van der Waals surface area (Å²) in [6.07, 6.45) is 3.39. The molecule has 134 valence electrons. The summed E-state index contributed by atoms with van der Waals surface area (Å²) in [5, 5.41) is 12.3. The second-order valence-corrected chi connectivity index (χ2v) is 7.63. The van der Waals surface area contributed by atoms with Crippen molar-refractivity contribution >= 4 is 46.6 Å². The third-order valence-corrected chi connectivity index (χ3v) is 5.31. The summed E-state index contributed by atoms with van der Waals surface area (Å²) < 4.78 is 1.84. The summed E-state index contributed by atoms with van der Waals surface area (Å²) in [5.74, 6) is 0.507. The van der Waals surface area contributed by atoms with Gasteiger partial charge in [-0.3, -0.25) is 9.78 Å². The molecule has 0 spiro atoms. The predicted octanol–water partition coefficient (Wildman–Crippen LogP) is 4.30. The van der Waals surface area contributed by atoms with E-state index in [0.29, 0.717) is 26.7 Å². The molecule has 0 bridgehead atoms. The summed E-state index contributed by atoms with van der Waals surface area (Å²) >= 11 is 13.3. The molecule has 0 saturated carbocycles. The highest BCUT2D eigenvalue weighted by atomic mass is 35.5. The van der Waals surface area contributed by atoms with Crippen LogP contribution in [0.4, 0.5) is 5.69 Å². The molecular formula is C17H15Cl2N5OS. The molecule has 2 aromatic heterocycles. The number of nitrogens with one attached hydrogen (secondary N) is 1. The molecule has 1 atom stereocenters. The largest absolute Gasteiger partial charge is 0.324 e. The third-order valence-electron chi connectivity index (χ3n) is 3.61. The number of pyridine rings is 1. The number of benzene rings is 1. The van der Waals surface area contributed by atoms with Crippen LogP contribution in [0.3, 0.4) is 0 Å². The van der Waals surface area contributed by atoms with Gasteiger partial charge in [-0.15, -0.1) is 10.2 Å². The van der Waals surface area contributed by atoms with Crippen molar-refractivity contribution in [3.8, 4) is 11.4 Å². The van der Waals surface area contributed by atoms with E-state index in [4.69, 9.17) is 23.2 Å². The zero-order valence-electron chi connectivity index (χ0n) is 14.0. The zero-order chi connectivity index (χ0) is 18.7. The summed E-state index contributed by atoms with van der Waals surface area (Å²) in [6.45, 7) is 1.79. The Kier molecular flexibility index (Phi) is 5.80. The number of nitrogens with zero attached hydrogens (tertiary/aromatic N) is 4. The van der Waals surface area contributed by atoms with E-state index in [-0.39, 0.29) is 5.91 Å². The normalized spacial score (nSPS) is 12.0. The SMILES string of the molecule is C[C@H](Sc1nnc(-c2ccncc2)n1C)C(=O)Nc1cc(Cl)ccc1Cl. The van der Waals surface area contributed by atoms with E-state index in [1.807, 2.05) is 23.7 Å². The lowest BCUT2D eigenvalue weighted by atomic mass is 10.2. The smallest absolute Gasteiger partial charge is 0.237 e. The van der Waals surface area contributed by atoms with Crippen LogP contribution in [0.1, 0.15) is 6.92 Å². The predicted molar refractivity (Wildman–Crippen MR) is 105 cm³/mol. The molecular weight excluding hydrogens is 393 g/mol. The van der Waals surface area contributed by atoms with Gasteiger partial charge in [0.1, 0.15) is 0 Å². The van der Waals surface area contributed by atoms with Gasteiger partial charge in [0.2, 0.25) is 5.91 Å². The number of rotatable bonds is 5. The molecule has 2 heterocycles. The second kappa shape index (κ2) is 8.07. The lowest BCUT2D eigenvalue weighted by molar-refractivity contribution is -0.115. The van der Waals surface area contributed by atoms with Gasteiger partial charge in [-0.25, -0.2) is 0 Å². The summed E-state index contributed by atoms with van der Waals surface area (Å²) in [4.78, 5) is 16.5. The van der Waals surface area contributed by atoms with Crippen LogP contribution in [-0.2, 0) is 11.8 Å². The molecule has 9 heteroatoms. The monoisotopic (exact) mass is 407 g/mol. The van der Waals surface area contributed by atoms with E-state index in [1.165, 1.54) is 11.8 Å². The molecule has 3 rings (SSSR count). The Morgan fingerprint density at radius 1 is 1.19 bits per heavy atom. The van der Waals surface area contributed by atoms with E-state index in [9.17, 15) is 4.79 Å². The summed E-state index contributed by atoms with van der Waals surface area (Å²) in [6, 6.07) is 8.63. The van der Waals surface area contributed by atoms with E-state index in [2.05, 4.69) is 20.5 Å². The van der Waals surface area contributed by atoms with Crippen molar-refractivity contribution in [3.05, 3.63) is 52.8 Å². The fourth-order valence-electron chi connectivity index (χ4n) is 2.21. The topological polar surface area (TPSA) is 72.7 Å². The second-order valence-electron chi connectivity index (χ2n) is 5.47. The van der Waals surface area contributed by atoms with Crippen LogP contribution in [0.15, 0.2) is 47.9 Å². The van der Waals surface area contributed by atoms with E-state index in [0.717, 1.165) is 5.56 Å². The number of amides is 1. The van der Waals surface area contributed by atoms with E-state index < -0.39 is 5.25 Å². The number of anilines is 1. The Bertz CT molecular complexity index is 932. The first-order chi connectivity index (χ1) is 12.5. The Balaban J connectivity index is 1.72. The highest BCUT2D eigenvalue weighted by molar-refractivity contribution is 8.00. The number of thioether (sulfide) groups is 1. The molecule has 0 fully saturated rings. The van der Waals surface area contributed by atoms with Crippen molar-refractivity contribution in [1.82, 2.24) is 19.7 Å². The van der Waals surface area contributed by atoms with E-state index in [1.54, 1.807) is 37.5 Å². The molecule has 0 radical (unpaired) electrons. The van der Waals surface area contributed by atoms with Crippen LogP contribution in [0.25, 0.3) is 11.4 Å². The first kappa shape index (κ1) is 18.7. The van der Waals surface area contributed by atoms with Gasteiger partial charge < -0.3 is 9.88 Å². The molecule has 26 heavy (non-hydrogen) atoms. The third kappa shape index (κ3) is 4.17. The molecule has 1 N–H and O–H groups in total. The summed E-state index contributed by atoms with van der Waals surface area (Å²) in [7, 11) is 1.86. The molecule has 0 saturated heterocycles. The van der Waals surface area contributed by atoms with Crippen LogP contribution in [0.5, 0.6) is 0 Å². The lowest BCUT2D eigenvalue weighted by Crippen LogP contribution is -2.23. The van der Waals surface area contributed by atoms with Gasteiger partial charge >= 0.3 is 0 Å². The maximum Gasteiger partial charge on any atom is 0.237 e. The molecule has 3 aromatic rings. The molecule has 0 aliphatic rings. The Morgan fingerprint density at radius 3 is 2.65 bits per heavy atom. The highest BCUT2D eigenvalue weighted by Crippen LogP contribution is 2.28. The van der Waals surface area contributed by atoms with Crippen LogP contribution in [0, 0.1) is 0 Å². The van der Waals surface area contributed by atoms with Crippen molar-refractivity contribution in [2.75, 3.05) is 5.32 Å². The fraction of sp³-hybridized carbons (Fsp3) is 0.176. The van der Waals surface area contributed by atoms with Crippen LogP contribution >= 0.6 is 35.0 Å². The first-order valence-corrected chi connectivity index (χ1v) is 9.31. The lowest BCUT2D eigenvalue weighted by Gasteiger charge is -2.13. The van der Waals surface area contributed by atoms with Gasteiger partial charge in [0, 0.05) is 30.0 Å². The fourth-order valence-corrected chi connectivity index (χ4v) is 3.36. The number of carbonyl (C=O) groups is 1. The number of carbonyl (C=O) groups excluding carboxylic acids is 1. The first-order valence-electron chi connectivity index (χ1n) is 7.68. The Labute approximate surface area is 164 Å². The van der Waals surface area contributed by atoms with Crippen LogP contribution < -0.4 is 5.32 Å². The van der Waals surface area contributed by atoms with Gasteiger partial charge in [0.25, 0.3) is 0 Å². The minimum atomic E-state index is -0.404. The molecule has 0 unspecified atom stereocenters. The van der Waals surface area contributed by atoms with Gasteiger partial charge in [0.15, 0.2) is 11.0 Å². The maximum atomic E-state index is 12.5. The van der Waals surface area contributed by atoms with Crippen molar-refractivity contribution in [2.45, 2.75) is 17.3 Å². The number of halogens is 2. The van der Waals surface area contributed by atoms with Crippen molar-refractivity contribution in [2.24, 2.45) is 7.05 Å².